The zero-order valence-electron chi connectivity index (χ0n) is 11.3. The van der Waals surface area contributed by atoms with Crippen LogP contribution in [0.25, 0.3) is 0 Å². The zero-order valence-corrected chi connectivity index (χ0v) is 12.1. The van der Waals surface area contributed by atoms with Crippen molar-refractivity contribution in [2.45, 2.75) is 26.2 Å². The molecule has 0 saturated carbocycles. The average molecular weight is 297 g/mol. The normalized spacial score (nSPS) is 18.3. The maximum Gasteiger partial charge on any atom is 0.303 e. The van der Waals surface area contributed by atoms with E-state index < -0.39 is 5.97 Å². The highest BCUT2D eigenvalue weighted by molar-refractivity contribution is 6.29. The molecule has 1 aromatic rings. The minimum Gasteiger partial charge on any atom is -0.481 e. The molecule has 2 heterocycles. The van der Waals surface area contributed by atoms with Crippen molar-refractivity contribution < 1.29 is 14.7 Å². The van der Waals surface area contributed by atoms with Crippen LogP contribution in [0.5, 0.6) is 0 Å². The Morgan fingerprint density at radius 3 is 2.90 bits per heavy atom. The van der Waals surface area contributed by atoms with Gasteiger partial charge in [0.05, 0.1) is 0 Å². The molecule has 0 radical (unpaired) electrons. The molecule has 1 amide bonds. The fourth-order valence-corrected chi connectivity index (χ4v) is 2.77. The summed E-state index contributed by atoms with van der Waals surface area (Å²) >= 11 is 5.87. The number of likely N-dealkylation sites (tertiary alicyclic amines) is 1. The van der Waals surface area contributed by atoms with Crippen LogP contribution in [-0.2, 0) is 4.79 Å². The van der Waals surface area contributed by atoms with Gasteiger partial charge in [0.15, 0.2) is 0 Å². The van der Waals surface area contributed by atoms with Crippen molar-refractivity contribution in [3.05, 3.63) is 28.5 Å². The third-order valence-electron chi connectivity index (χ3n) is 3.51. The van der Waals surface area contributed by atoms with Crippen molar-refractivity contribution in [3.8, 4) is 0 Å². The number of rotatable bonds is 4. The lowest BCUT2D eigenvalue weighted by Crippen LogP contribution is -2.28. The molecule has 108 valence electrons. The molecule has 0 spiro atoms. The first-order valence-electron chi connectivity index (χ1n) is 6.61. The standard InChI is InChI=1S/C14H17ClN2O3/c1-9-6-11(7-12(15)16-9)14(20)17-5-4-10(8-17)2-3-13(18)19/h6-7,10H,2-5,8H2,1H3,(H,18,19). The van der Waals surface area contributed by atoms with Crippen LogP contribution in [0.2, 0.25) is 5.15 Å². The zero-order chi connectivity index (χ0) is 14.7. The van der Waals surface area contributed by atoms with Gasteiger partial charge in [-0.2, -0.15) is 0 Å². The Morgan fingerprint density at radius 1 is 1.50 bits per heavy atom. The first-order valence-corrected chi connectivity index (χ1v) is 6.99. The summed E-state index contributed by atoms with van der Waals surface area (Å²) in [4.78, 5) is 28.7. The van der Waals surface area contributed by atoms with E-state index >= 15 is 0 Å². The highest BCUT2D eigenvalue weighted by Gasteiger charge is 2.27. The van der Waals surface area contributed by atoms with Gasteiger partial charge in [-0.1, -0.05) is 11.6 Å². The van der Waals surface area contributed by atoms with Gasteiger partial charge in [0.1, 0.15) is 5.15 Å². The number of aliphatic carboxylic acids is 1. The second kappa shape index (κ2) is 6.22. The molecular formula is C14H17ClN2O3. The molecule has 6 heteroatoms. The number of amides is 1. The third kappa shape index (κ3) is 3.70. The summed E-state index contributed by atoms with van der Waals surface area (Å²) in [7, 11) is 0. The Bertz CT molecular complexity index is 513. The number of aromatic nitrogens is 1. The Morgan fingerprint density at radius 2 is 2.25 bits per heavy atom. The predicted molar refractivity (Wildman–Crippen MR) is 74.9 cm³/mol. The van der Waals surface area contributed by atoms with Gasteiger partial charge in [-0.3, -0.25) is 9.59 Å². The molecule has 5 nitrogen and oxygen atoms in total. The first kappa shape index (κ1) is 14.8. The lowest BCUT2D eigenvalue weighted by Gasteiger charge is -2.16. The molecule has 2 rings (SSSR count). The molecule has 0 aliphatic carbocycles. The summed E-state index contributed by atoms with van der Waals surface area (Å²) in [5, 5.41) is 9.00. The first-order chi connectivity index (χ1) is 9.45. The van der Waals surface area contributed by atoms with Crippen LogP contribution in [0.3, 0.4) is 0 Å². The Balaban J connectivity index is 1.98. The quantitative estimate of drug-likeness (QED) is 0.866. The van der Waals surface area contributed by atoms with Gasteiger partial charge in [0, 0.05) is 30.8 Å². The van der Waals surface area contributed by atoms with E-state index in [4.69, 9.17) is 16.7 Å². The van der Waals surface area contributed by atoms with Gasteiger partial charge in [-0.25, -0.2) is 4.98 Å². The molecule has 0 bridgehead atoms. The van der Waals surface area contributed by atoms with Crippen molar-refractivity contribution in [2.24, 2.45) is 5.92 Å². The van der Waals surface area contributed by atoms with Crippen LogP contribution in [0, 0.1) is 12.8 Å². The Kier molecular flexibility index (Phi) is 4.60. The number of hydrogen-bond donors (Lipinski definition) is 1. The van der Waals surface area contributed by atoms with Crippen LogP contribution in [0.1, 0.15) is 35.3 Å². The van der Waals surface area contributed by atoms with Gasteiger partial charge in [0.2, 0.25) is 0 Å². The maximum absolute atomic E-state index is 12.4. The second-order valence-corrected chi connectivity index (χ2v) is 5.55. The molecular weight excluding hydrogens is 280 g/mol. The number of aryl methyl sites for hydroxylation is 1. The van der Waals surface area contributed by atoms with Crippen molar-refractivity contribution in [1.82, 2.24) is 9.88 Å². The minimum absolute atomic E-state index is 0.0600. The van der Waals surface area contributed by atoms with E-state index in [9.17, 15) is 9.59 Å². The summed E-state index contributed by atoms with van der Waals surface area (Å²) in [5.74, 6) is -0.574. The van der Waals surface area contributed by atoms with Gasteiger partial charge < -0.3 is 10.0 Å². The van der Waals surface area contributed by atoms with Crippen LogP contribution in [0.4, 0.5) is 0 Å². The average Bonchev–Trinajstić information content (AvgIpc) is 2.83. The number of hydrogen-bond acceptors (Lipinski definition) is 3. The minimum atomic E-state index is -0.786. The smallest absolute Gasteiger partial charge is 0.303 e. The molecule has 1 saturated heterocycles. The Hall–Kier alpha value is -1.62. The molecule has 1 fully saturated rings. The highest BCUT2D eigenvalue weighted by atomic mass is 35.5. The van der Waals surface area contributed by atoms with Gasteiger partial charge >= 0.3 is 5.97 Å². The monoisotopic (exact) mass is 296 g/mol. The third-order valence-corrected chi connectivity index (χ3v) is 3.70. The van der Waals surface area contributed by atoms with E-state index in [-0.39, 0.29) is 18.2 Å². The topological polar surface area (TPSA) is 70.5 Å². The number of carboxylic acids is 1. The summed E-state index contributed by atoms with van der Waals surface area (Å²) in [6.07, 6.45) is 1.64. The van der Waals surface area contributed by atoms with Crippen molar-refractivity contribution in [1.29, 1.82) is 0 Å². The van der Waals surface area contributed by atoms with Crippen molar-refractivity contribution >= 4 is 23.5 Å². The van der Waals surface area contributed by atoms with E-state index in [1.165, 1.54) is 0 Å². The number of carbonyl (C=O) groups excluding carboxylic acids is 1. The van der Waals surface area contributed by atoms with E-state index in [1.807, 2.05) is 0 Å². The molecule has 0 aromatic carbocycles. The SMILES string of the molecule is Cc1cc(C(=O)N2CCC(CCC(=O)O)C2)cc(Cl)n1. The predicted octanol–water partition coefficient (Wildman–Crippen LogP) is 2.37. The molecule has 1 N–H and O–H groups in total. The highest BCUT2D eigenvalue weighted by Crippen LogP contribution is 2.23. The molecule has 1 aliphatic rings. The molecule has 1 atom stereocenters. The van der Waals surface area contributed by atoms with Crippen LogP contribution >= 0.6 is 11.6 Å². The molecule has 20 heavy (non-hydrogen) atoms. The molecule has 1 aliphatic heterocycles. The van der Waals surface area contributed by atoms with Crippen molar-refractivity contribution in [3.63, 3.8) is 0 Å². The second-order valence-electron chi connectivity index (χ2n) is 5.16. The van der Waals surface area contributed by atoms with Gasteiger partial charge in [0.25, 0.3) is 5.91 Å². The van der Waals surface area contributed by atoms with Crippen LogP contribution in [-0.4, -0.2) is 40.0 Å². The van der Waals surface area contributed by atoms with Gasteiger partial charge in [-0.15, -0.1) is 0 Å². The number of halogens is 1. The fourth-order valence-electron chi connectivity index (χ4n) is 2.51. The van der Waals surface area contributed by atoms with E-state index in [2.05, 4.69) is 4.98 Å². The molecule has 1 aromatic heterocycles. The van der Waals surface area contributed by atoms with Crippen molar-refractivity contribution in [2.75, 3.05) is 13.1 Å². The van der Waals surface area contributed by atoms with E-state index in [0.29, 0.717) is 35.9 Å². The number of carbonyl (C=O) groups is 2. The molecule has 1 unspecified atom stereocenters. The summed E-state index contributed by atoms with van der Waals surface area (Å²) in [5.41, 5.74) is 1.25. The van der Waals surface area contributed by atoms with Crippen LogP contribution < -0.4 is 0 Å². The number of nitrogens with zero attached hydrogens (tertiary/aromatic N) is 2. The van der Waals surface area contributed by atoms with E-state index in [0.717, 1.165) is 6.42 Å². The fraction of sp³-hybridized carbons (Fsp3) is 0.500. The summed E-state index contributed by atoms with van der Waals surface area (Å²) in [6.45, 7) is 3.08. The Labute approximate surface area is 122 Å². The largest absolute Gasteiger partial charge is 0.481 e. The summed E-state index contributed by atoms with van der Waals surface area (Å²) < 4.78 is 0. The van der Waals surface area contributed by atoms with Crippen LogP contribution in [0.15, 0.2) is 12.1 Å². The van der Waals surface area contributed by atoms with E-state index in [1.54, 1.807) is 24.0 Å². The number of carboxylic acid groups (broad SMARTS) is 1. The maximum atomic E-state index is 12.4. The lowest BCUT2D eigenvalue weighted by molar-refractivity contribution is -0.137. The van der Waals surface area contributed by atoms with Gasteiger partial charge in [-0.05, 0) is 37.8 Å². The summed E-state index contributed by atoms with van der Waals surface area (Å²) in [6, 6.07) is 3.29. The lowest BCUT2D eigenvalue weighted by atomic mass is 10.0. The number of pyridine rings is 1.